The summed E-state index contributed by atoms with van der Waals surface area (Å²) in [5, 5.41) is 9.95. The fourth-order valence-corrected chi connectivity index (χ4v) is 1.29. The summed E-state index contributed by atoms with van der Waals surface area (Å²) in [4.78, 5) is 22.0. The van der Waals surface area contributed by atoms with Gasteiger partial charge in [0.05, 0.1) is 0 Å². The highest BCUT2D eigenvalue weighted by atomic mass is 16.2. The predicted molar refractivity (Wildman–Crippen MR) is 65.5 cm³/mol. The van der Waals surface area contributed by atoms with Crippen LogP contribution in [-0.4, -0.2) is 23.9 Å². The minimum atomic E-state index is -0.403. The molecule has 18 heavy (non-hydrogen) atoms. The van der Waals surface area contributed by atoms with Gasteiger partial charge in [-0.3, -0.25) is 20.4 Å². The SMILES string of the molecule is O=CC1=NNC(C(=O)NCc2ccccc2)=NN1. The van der Waals surface area contributed by atoms with E-state index >= 15 is 0 Å². The molecule has 0 spiro atoms. The Kier molecular flexibility index (Phi) is 3.65. The Morgan fingerprint density at radius 3 is 2.61 bits per heavy atom. The summed E-state index contributed by atoms with van der Waals surface area (Å²) in [6.45, 7) is 0.393. The second kappa shape index (κ2) is 5.58. The molecule has 3 N–H and O–H groups in total. The second-order valence-electron chi connectivity index (χ2n) is 3.47. The van der Waals surface area contributed by atoms with Crippen molar-refractivity contribution in [1.29, 1.82) is 0 Å². The van der Waals surface area contributed by atoms with Crippen molar-refractivity contribution in [2.24, 2.45) is 10.2 Å². The lowest BCUT2D eigenvalue weighted by Crippen LogP contribution is -2.43. The molecule has 0 atom stereocenters. The highest BCUT2D eigenvalue weighted by Crippen LogP contribution is 1.97. The standard InChI is InChI=1S/C11H11N5O2/c17-7-9-13-15-10(16-14-9)11(18)12-6-8-4-2-1-3-5-8/h1-5,7H,6H2,(H,12,18)(H,13,14)(H,15,16). The first-order valence-electron chi connectivity index (χ1n) is 5.24. The maximum atomic E-state index is 11.7. The molecule has 1 aliphatic heterocycles. The predicted octanol–water partition coefficient (Wildman–Crippen LogP) is -0.678. The summed E-state index contributed by atoms with van der Waals surface area (Å²) < 4.78 is 0. The van der Waals surface area contributed by atoms with Gasteiger partial charge < -0.3 is 5.32 Å². The van der Waals surface area contributed by atoms with Crippen molar-refractivity contribution in [3.05, 3.63) is 35.9 Å². The van der Waals surface area contributed by atoms with Crippen molar-refractivity contribution in [1.82, 2.24) is 16.2 Å². The first kappa shape index (κ1) is 11.8. The van der Waals surface area contributed by atoms with Gasteiger partial charge in [0.2, 0.25) is 11.7 Å². The zero-order valence-corrected chi connectivity index (χ0v) is 9.38. The Morgan fingerprint density at radius 2 is 2.00 bits per heavy atom. The van der Waals surface area contributed by atoms with Crippen LogP contribution in [0.2, 0.25) is 0 Å². The van der Waals surface area contributed by atoms with Gasteiger partial charge in [-0.25, -0.2) is 0 Å². The Balaban J connectivity index is 1.86. The lowest BCUT2D eigenvalue weighted by Gasteiger charge is -2.11. The van der Waals surface area contributed by atoms with Crippen LogP contribution in [0.3, 0.4) is 0 Å². The topological polar surface area (TPSA) is 95.0 Å². The van der Waals surface area contributed by atoms with E-state index in [1.54, 1.807) is 0 Å². The van der Waals surface area contributed by atoms with Crippen LogP contribution in [0, 0.1) is 0 Å². The van der Waals surface area contributed by atoms with Crippen LogP contribution >= 0.6 is 0 Å². The van der Waals surface area contributed by atoms with Crippen LogP contribution in [0.15, 0.2) is 40.5 Å². The highest BCUT2D eigenvalue weighted by molar-refractivity contribution is 6.39. The van der Waals surface area contributed by atoms with Crippen molar-refractivity contribution in [2.45, 2.75) is 6.54 Å². The number of benzene rings is 1. The van der Waals surface area contributed by atoms with E-state index in [1.165, 1.54) is 0 Å². The number of rotatable bonds is 4. The fourth-order valence-electron chi connectivity index (χ4n) is 1.29. The van der Waals surface area contributed by atoms with Crippen molar-refractivity contribution in [3.63, 3.8) is 0 Å². The molecular formula is C11H11N5O2. The fraction of sp³-hybridized carbons (Fsp3) is 0.0909. The van der Waals surface area contributed by atoms with Crippen LogP contribution in [-0.2, 0) is 16.1 Å². The molecule has 0 aliphatic carbocycles. The molecule has 2 rings (SSSR count). The number of carbonyl (C=O) groups excluding carboxylic acids is 2. The number of carbonyl (C=O) groups is 2. The van der Waals surface area contributed by atoms with Crippen LogP contribution in [0.5, 0.6) is 0 Å². The molecular weight excluding hydrogens is 234 g/mol. The third-order valence-electron chi connectivity index (χ3n) is 2.19. The van der Waals surface area contributed by atoms with E-state index in [9.17, 15) is 9.59 Å². The van der Waals surface area contributed by atoms with Crippen molar-refractivity contribution in [2.75, 3.05) is 0 Å². The number of hydrogen-bond donors (Lipinski definition) is 3. The molecule has 0 unspecified atom stereocenters. The van der Waals surface area contributed by atoms with Crippen molar-refractivity contribution < 1.29 is 9.59 Å². The molecule has 7 heteroatoms. The molecule has 1 aromatic rings. The average Bonchev–Trinajstić information content (AvgIpc) is 2.46. The van der Waals surface area contributed by atoms with Crippen LogP contribution < -0.4 is 16.2 Å². The summed E-state index contributed by atoms with van der Waals surface area (Å²) in [5.41, 5.74) is 5.71. The van der Waals surface area contributed by atoms with Gasteiger partial charge in [-0.15, -0.1) is 5.10 Å². The first-order chi connectivity index (χ1) is 8.79. The maximum Gasteiger partial charge on any atom is 0.290 e. The van der Waals surface area contributed by atoms with Gasteiger partial charge in [0.15, 0.2) is 6.29 Å². The van der Waals surface area contributed by atoms with Gasteiger partial charge in [-0.2, -0.15) is 5.10 Å². The smallest absolute Gasteiger partial charge is 0.290 e. The average molecular weight is 245 g/mol. The number of hydrogen-bond acceptors (Lipinski definition) is 6. The number of amides is 1. The lowest BCUT2D eigenvalue weighted by molar-refractivity contribution is -0.115. The number of aldehydes is 1. The zero-order chi connectivity index (χ0) is 12.8. The monoisotopic (exact) mass is 245 g/mol. The molecule has 1 amide bonds. The molecule has 7 nitrogen and oxygen atoms in total. The van der Waals surface area contributed by atoms with Gasteiger partial charge in [0.1, 0.15) is 0 Å². The molecule has 0 bridgehead atoms. The normalized spacial score (nSPS) is 13.6. The number of hydrazone groups is 2. The van der Waals surface area contributed by atoms with E-state index in [4.69, 9.17) is 0 Å². The molecule has 0 saturated carbocycles. The maximum absolute atomic E-state index is 11.7. The van der Waals surface area contributed by atoms with Gasteiger partial charge in [-0.05, 0) is 5.56 Å². The van der Waals surface area contributed by atoms with Crippen molar-refractivity contribution >= 4 is 23.9 Å². The Labute approximate surface area is 103 Å². The minimum absolute atomic E-state index is 0.0107. The van der Waals surface area contributed by atoms with Gasteiger partial charge >= 0.3 is 0 Å². The molecule has 1 heterocycles. The van der Waals surface area contributed by atoms with E-state index in [-0.39, 0.29) is 11.7 Å². The Bertz CT molecular complexity index is 509. The molecule has 0 radical (unpaired) electrons. The molecule has 0 fully saturated rings. The third kappa shape index (κ3) is 2.91. The number of nitrogens with one attached hydrogen (secondary N) is 3. The molecule has 0 saturated heterocycles. The minimum Gasteiger partial charge on any atom is -0.345 e. The Hall–Kier alpha value is -2.70. The summed E-state index contributed by atoms with van der Waals surface area (Å²) >= 11 is 0. The summed E-state index contributed by atoms with van der Waals surface area (Å²) in [6.07, 6.45) is 0.495. The molecule has 92 valence electrons. The lowest BCUT2D eigenvalue weighted by atomic mass is 10.2. The molecule has 1 aromatic carbocycles. The van der Waals surface area contributed by atoms with Gasteiger partial charge in [-0.1, -0.05) is 30.3 Å². The first-order valence-corrected chi connectivity index (χ1v) is 5.24. The van der Waals surface area contributed by atoms with Crippen LogP contribution in [0.25, 0.3) is 0 Å². The van der Waals surface area contributed by atoms with Gasteiger partial charge in [0, 0.05) is 6.54 Å². The largest absolute Gasteiger partial charge is 0.345 e. The van der Waals surface area contributed by atoms with Crippen molar-refractivity contribution in [3.8, 4) is 0 Å². The van der Waals surface area contributed by atoms with Crippen LogP contribution in [0.4, 0.5) is 0 Å². The summed E-state index contributed by atoms with van der Waals surface area (Å²) in [6, 6.07) is 9.48. The number of nitrogens with zero attached hydrogens (tertiary/aromatic N) is 2. The summed E-state index contributed by atoms with van der Waals surface area (Å²) in [5.74, 6) is -0.369. The highest BCUT2D eigenvalue weighted by Gasteiger charge is 2.14. The Morgan fingerprint density at radius 1 is 1.22 bits per heavy atom. The third-order valence-corrected chi connectivity index (χ3v) is 2.19. The van der Waals surface area contributed by atoms with Gasteiger partial charge in [0.25, 0.3) is 5.91 Å². The van der Waals surface area contributed by atoms with E-state index in [0.717, 1.165) is 5.56 Å². The second-order valence-corrected chi connectivity index (χ2v) is 3.47. The number of amidine groups is 2. The molecule has 0 aromatic heterocycles. The molecule has 1 aliphatic rings. The quantitative estimate of drug-likeness (QED) is 0.612. The van der Waals surface area contributed by atoms with Crippen LogP contribution in [0.1, 0.15) is 5.56 Å². The van der Waals surface area contributed by atoms with E-state index < -0.39 is 5.91 Å². The summed E-state index contributed by atoms with van der Waals surface area (Å²) in [7, 11) is 0. The van der Waals surface area contributed by atoms with E-state index in [2.05, 4.69) is 26.4 Å². The van der Waals surface area contributed by atoms with E-state index in [1.807, 2.05) is 30.3 Å². The van der Waals surface area contributed by atoms with E-state index in [0.29, 0.717) is 12.8 Å². The zero-order valence-electron chi connectivity index (χ0n) is 9.38.